The van der Waals surface area contributed by atoms with E-state index in [0.29, 0.717) is 0 Å². The van der Waals surface area contributed by atoms with E-state index in [9.17, 15) is 19.7 Å². The van der Waals surface area contributed by atoms with Gasteiger partial charge in [0.2, 0.25) is 5.56 Å². The van der Waals surface area contributed by atoms with Crippen LogP contribution >= 0.6 is 0 Å². The number of rotatable bonds is 3. The fourth-order valence-corrected chi connectivity index (χ4v) is 1.51. The first kappa shape index (κ1) is 12.5. The van der Waals surface area contributed by atoms with Gasteiger partial charge in [-0.15, -0.1) is 0 Å². The van der Waals surface area contributed by atoms with Gasteiger partial charge in [-0.1, -0.05) is 18.2 Å². The van der Waals surface area contributed by atoms with Crippen LogP contribution in [0.2, 0.25) is 0 Å². The van der Waals surface area contributed by atoms with Gasteiger partial charge in [0.15, 0.2) is 0 Å². The number of anilines is 1. The fraction of sp³-hybridized carbons (Fsp3) is 0. The smallest absolute Gasteiger partial charge is 0.292 e. The summed E-state index contributed by atoms with van der Waals surface area (Å²) in [4.78, 5) is 35.5. The number of nitro benzene ring substituents is 1. The molecule has 0 aliphatic heterocycles. The van der Waals surface area contributed by atoms with Crippen LogP contribution in [0.4, 0.5) is 11.4 Å². The van der Waals surface area contributed by atoms with Crippen LogP contribution in [0, 0.1) is 10.1 Å². The van der Waals surface area contributed by atoms with E-state index in [1.165, 1.54) is 36.4 Å². The van der Waals surface area contributed by atoms with Gasteiger partial charge in [-0.2, -0.15) is 0 Å². The quantitative estimate of drug-likeness (QED) is 0.644. The average Bonchev–Trinajstić information content (AvgIpc) is 2.39. The Bertz CT molecular complexity index is 693. The topological polar surface area (TPSA) is 105 Å². The van der Waals surface area contributed by atoms with Gasteiger partial charge in [-0.25, -0.2) is 0 Å². The Kier molecular flexibility index (Phi) is 3.37. The Balaban J connectivity index is 2.29. The van der Waals surface area contributed by atoms with E-state index >= 15 is 0 Å². The zero-order valence-electron chi connectivity index (χ0n) is 9.62. The maximum atomic E-state index is 11.8. The molecule has 2 aromatic rings. The molecule has 0 radical (unpaired) electrons. The Morgan fingerprint density at radius 2 is 1.89 bits per heavy atom. The summed E-state index contributed by atoms with van der Waals surface area (Å²) in [7, 11) is 0. The van der Waals surface area contributed by atoms with Crippen molar-refractivity contribution in [2.75, 3.05) is 5.32 Å². The summed E-state index contributed by atoms with van der Waals surface area (Å²) in [5, 5.41) is 13.2. The molecule has 0 unspecified atom stereocenters. The van der Waals surface area contributed by atoms with Crippen molar-refractivity contribution in [3.8, 4) is 0 Å². The van der Waals surface area contributed by atoms with Crippen LogP contribution in [-0.4, -0.2) is 15.8 Å². The number of pyridine rings is 1. The summed E-state index contributed by atoms with van der Waals surface area (Å²) < 4.78 is 0. The third-order valence-electron chi connectivity index (χ3n) is 2.36. The lowest BCUT2D eigenvalue weighted by molar-refractivity contribution is -0.383. The van der Waals surface area contributed by atoms with Crippen LogP contribution in [0.15, 0.2) is 47.3 Å². The SMILES string of the molecule is O=C(Nc1ccccc1[N+](=O)[O-])c1cccc(=O)[nH]1. The standard InChI is InChI=1S/C12H9N3O4/c16-11-7-3-5-9(13-11)12(17)14-8-4-1-2-6-10(8)15(18)19/h1-7H,(H,13,16)(H,14,17). The molecule has 1 heterocycles. The Labute approximate surface area is 107 Å². The van der Waals surface area contributed by atoms with Gasteiger partial charge in [-0.3, -0.25) is 19.7 Å². The molecule has 0 fully saturated rings. The minimum absolute atomic E-state index is 0.0330. The monoisotopic (exact) mass is 259 g/mol. The minimum atomic E-state index is -0.619. The molecular weight excluding hydrogens is 250 g/mol. The fourth-order valence-electron chi connectivity index (χ4n) is 1.51. The number of nitrogens with zero attached hydrogens (tertiary/aromatic N) is 1. The van der Waals surface area contributed by atoms with Gasteiger partial charge in [0.1, 0.15) is 11.4 Å². The first-order valence-corrected chi connectivity index (χ1v) is 5.32. The lowest BCUT2D eigenvalue weighted by atomic mass is 10.2. The van der Waals surface area contributed by atoms with E-state index in [-0.39, 0.29) is 17.1 Å². The van der Waals surface area contributed by atoms with E-state index < -0.39 is 16.4 Å². The number of benzene rings is 1. The molecule has 0 saturated carbocycles. The molecule has 0 spiro atoms. The van der Waals surface area contributed by atoms with E-state index in [0.717, 1.165) is 0 Å². The van der Waals surface area contributed by atoms with Crippen LogP contribution in [0.5, 0.6) is 0 Å². The first-order chi connectivity index (χ1) is 9.08. The zero-order valence-corrected chi connectivity index (χ0v) is 9.62. The lowest BCUT2D eigenvalue weighted by Crippen LogP contribution is -2.18. The summed E-state index contributed by atoms with van der Waals surface area (Å²) in [6.07, 6.45) is 0. The molecule has 0 bridgehead atoms. The summed E-state index contributed by atoms with van der Waals surface area (Å²) in [6.45, 7) is 0. The number of H-pyrrole nitrogens is 1. The molecule has 0 atom stereocenters. The molecule has 2 rings (SSSR count). The molecule has 0 aliphatic rings. The molecule has 19 heavy (non-hydrogen) atoms. The first-order valence-electron chi connectivity index (χ1n) is 5.32. The number of aromatic nitrogens is 1. The van der Waals surface area contributed by atoms with Gasteiger partial charge >= 0.3 is 0 Å². The summed E-state index contributed by atoms with van der Waals surface area (Å²) in [5.74, 6) is -0.619. The van der Waals surface area contributed by atoms with Crippen LogP contribution < -0.4 is 10.9 Å². The Hall–Kier alpha value is -2.96. The van der Waals surface area contributed by atoms with E-state index in [1.54, 1.807) is 6.07 Å². The van der Waals surface area contributed by atoms with Crippen molar-refractivity contribution in [1.82, 2.24) is 4.98 Å². The number of carbonyl (C=O) groups excluding carboxylic acids is 1. The molecule has 2 N–H and O–H groups in total. The highest BCUT2D eigenvalue weighted by molar-refractivity contribution is 6.04. The second-order valence-electron chi connectivity index (χ2n) is 3.66. The third-order valence-corrected chi connectivity index (χ3v) is 2.36. The molecule has 1 aromatic carbocycles. The van der Waals surface area contributed by atoms with Gasteiger partial charge < -0.3 is 10.3 Å². The average molecular weight is 259 g/mol. The van der Waals surface area contributed by atoms with Crippen LogP contribution in [0.3, 0.4) is 0 Å². The number of hydrogen-bond acceptors (Lipinski definition) is 4. The van der Waals surface area contributed by atoms with Gasteiger partial charge in [0.25, 0.3) is 11.6 Å². The van der Waals surface area contributed by atoms with Crippen LogP contribution in [-0.2, 0) is 0 Å². The largest absolute Gasteiger partial charge is 0.318 e. The second-order valence-corrected chi connectivity index (χ2v) is 3.66. The summed E-state index contributed by atoms with van der Waals surface area (Å²) in [6, 6.07) is 9.86. The number of hydrogen-bond donors (Lipinski definition) is 2. The normalized spacial score (nSPS) is 9.89. The van der Waals surface area contributed by atoms with Crippen molar-refractivity contribution in [2.24, 2.45) is 0 Å². The van der Waals surface area contributed by atoms with E-state index in [1.807, 2.05) is 0 Å². The van der Waals surface area contributed by atoms with Crippen molar-refractivity contribution in [3.05, 3.63) is 68.6 Å². The number of amides is 1. The van der Waals surface area contributed by atoms with Crippen molar-refractivity contribution >= 4 is 17.3 Å². The van der Waals surface area contributed by atoms with E-state index in [2.05, 4.69) is 10.3 Å². The van der Waals surface area contributed by atoms with Gasteiger partial charge in [0.05, 0.1) is 4.92 Å². The molecule has 7 heteroatoms. The second kappa shape index (κ2) is 5.13. The van der Waals surface area contributed by atoms with Crippen molar-refractivity contribution < 1.29 is 9.72 Å². The number of nitro groups is 1. The van der Waals surface area contributed by atoms with Crippen LogP contribution in [0.1, 0.15) is 10.5 Å². The highest BCUT2D eigenvalue weighted by Crippen LogP contribution is 2.23. The molecular formula is C12H9N3O4. The molecule has 0 saturated heterocycles. The maximum Gasteiger partial charge on any atom is 0.292 e. The van der Waals surface area contributed by atoms with Crippen molar-refractivity contribution in [2.45, 2.75) is 0 Å². The minimum Gasteiger partial charge on any atom is -0.318 e. The predicted molar refractivity (Wildman–Crippen MR) is 68.1 cm³/mol. The highest BCUT2D eigenvalue weighted by Gasteiger charge is 2.15. The molecule has 96 valence electrons. The highest BCUT2D eigenvalue weighted by atomic mass is 16.6. The van der Waals surface area contributed by atoms with Gasteiger partial charge in [-0.05, 0) is 12.1 Å². The summed E-state index contributed by atoms with van der Waals surface area (Å²) >= 11 is 0. The predicted octanol–water partition coefficient (Wildman–Crippen LogP) is 1.54. The maximum absolute atomic E-state index is 11.8. The Morgan fingerprint density at radius 3 is 2.58 bits per heavy atom. The van der Waals surface area contributed by atoms with E-state index in [4.69, 9.17) is 0 Å². The summed E-state index contributed by atoms with van der Waals surface area (Å²) in [5.41, 5.74) is -0.530. The Morgan fingerprint density at radius 1 is 1.16 bits per heavy atom. The van der Waals surface area contributed by atoms with Crippen molar-refractivity contribution in [3.63, 3.8) is 0 Å². The molecule has 7 nitrogen and oxygen atoms in total. The zero-order chi connectivity index (χ0) is 13.8. The number of aromatic amines is 1. The molecule has 0 aliphatic carbocycles. The number of para-hydroxylation sites is 2. The lowest BCUT2D eigenvalue weighted by Gasteiger charge is -2.05. The number of carbonyl (C=O) groups is 1. The van der Waals surface area contributed by atoms with Gasteiger partial charge in [0, 0.05) is 12.1 Å². The molecule has 1 amide bonds. The van der Waals surface area contributed by atoms with Crippen molar-refractivity contribution in [1.29, 1.82) is 0 Å². The number of nitrogens with one attached hydrogen (secondary N) is 2. The van der Waals surface area contributed by atoms with Crippen LogP contribution in [0.25, 0.3) is 0 Å². The molecule has 1 aromatic heterocycles. The third kappa shape index (κ3) is 2.83.